The number of ether oxygens (including phenoxy) is 2. The van der Waals surface area contributed by atoms with E-state index >= 15 is 0 Å². The molecule has 114 valence electrons. The molecule has 5 heteroatoms. The summed E-state index contributed by atoms with van der Waals surface area (Å²) in [5.41, 5.74) is 0. The van der Waals surface area contributed by atoms with Gasteiger partial charge in [0.15, 0.2) is 0 Å². The molecule has 3 aliphatic rings. The third-order valence-corrected chi connectivity index (χ3v) is 4.80. The molecule has 1 atom stereocenters. The fourth-order valence-electron chi connectivity index (χ4n) is 3.65. The van der Waals surface area contributed by atoms with Crippen LogP contribution in [-0.2, 0) is 14.3 Å². The number of carbonyl (C=O) groups is 1. The Morgan fingerprint density at radius 3 is 2.60 bits per heavy atom. The van der Waals surface area contributed by atoms with E-state index in [0.29, 0.717) is 6.04 Å². The summed E-state index contributed by atoms with van der Waals surface area (Å²) in [6, 6.07) is 0.562. The normalized spacial score (nSPS) is 30.5. The number of hydrogen-bond donors (Lipinski definition) is 1. The third kappa shape index (κ3) is 3.32. The SMILES string of the molecule is O=C(OC1CCOCC1)C1CCCN1C1CCNCC1. The summed E-state index contributed by atoms with van der Waals surface area (Å²) in [6.07, 6.45) is 6.18. The highest BCUT2D eigenvalue weighted by atomic mass is 16.6. The monoisotopic (exact) mass is 282 g/mol. The van der Waals surface area contributed by atoms with E-state index < -0.39 is 0 Å². The molecule has 0 amide bonds. The quantitative estimate of drug-likeness (QED) is 0.780. The maximum atomic E-state index is 12.4. The molecule has 0 aromatic carbocycles. The Kier molecular flexibility index (Phi) is 4.91. The van der Waals surface area contributed by atoms with Gasteiger partial charge in [-0.05, 0) is 45.3 Å². The van der Waals surface area contributed by atoms with Crippen LogP contribution in [-0.4, -0.2) is 61.9 Å². The van der Waals surface area contributed by atoms with E-state index in [9.17, 15) is 4.79 Å². The van der Waals surface area contributed by atoms with Gasteiger partial charge in [0.05, 0.1) is 13.2 Å². The second kappa shape index (κ2) is 6.87. The number of carbonyl (C=O) groups excluding carboxylic acids is 1. The minimum absolute atomic E-state index is 0.000875. The van der Waals surface area contributed by atoms with Gasteiger partial charge in [-0.25, -0.2) is 0 Å². The summed E-state index contributed by atoms with van der Waals surface area (Å²) in [6.45, 7) is 4.64. The molecule has 0 aromatic rings. The predicted molar refractivity (Wildman–Crippen MR) is 75.6 cm³/mol. The first-order valence-corrected chi connectivity index (χ1v) is 8.09. The summed E-state index contributed by atoms with van der Waals surface area (Å²) in [5, 5.41) is 3.39. The van der Waals surface area contributed by atoms with Crippen molar-refractivity contribution < 1.29 is 14.3 Å². The summed E-state index contributed by atoms with van der Waals surface area (Å²) in [4.78, 5) is 14.9. The smallest absolute Gasteiger partial charge is 0.323 e. The first-order valence-electron chi connectivity index (χ1n) is 8.09. The molecule has 0 radical (unpaired) electrons. The summed E-state index contributed by atoms with van der Waals surface area (Å²) < 4.78 is 11.0. The lowest BCUT2D eigenvalue weighted by molar-refractivity contribution is -0.159. The van der Waals surface area contributed by atoms with E-state index in [-0.39, 0.29) is 18.1 Å². The lowest BCUT2D eigenvalue weighted by Crippen LogP contribution is -2.49. The highest BCUT2D eigenvalue weighted by molar-refractivity contribution is 5.76. The van der Waals surface area contributed by atoms with Crippen molar-refractivity contribution in [3.63, 3.8) is 0 Å². The van der Waals surface area contributed by atoms with Gasteiger partial charge in [-0.15, -0.1) is 0 Å². The lowest BCUT2D eigenvalue weighted by atomic mass is 10.0. The van der Waals surface area contributed by atoms with E-state index in [1.165, 1.54) is 0 Å². The van der Waals surface area contributed by atoms with E-state index in [0.717, 1.165) is 71.4 Å². The molecule has 0 aliphatic carbocycles. The van der Waals surface area contributed by atoms with Crippen LogP contribution in [0.15, 0.2) is 0 Å². The fraction of sp³-hybridized carbons (Fsp3) is 0.933. The molecule has 3 fully saturated rings. The molecule has 1 unspecified atom stereocenters. The molecule has 3 rings (SSSR count). The highest BCUT2D eigenvalue weighted by Crippen LogP contribution is 2.26. The third-order valence-electron chi connectivity index (χ3n) is 4.80. The van der Waals surface area contributed by atoms with E-state index in [1.54, 1.807) is 0 Å². The maximum absolute atomic E-state index is 12.4. The van der Waals surface area contributed by atoms with Crippen molar-refractivity contribution in [3.05, 3.63) is 0 Å². The zero-order valence-electron chi connectivity index (χ0n) is 12.2. The van der Waals surface area contributed by atoms with Crippen LogP contribution in [0, 0.1) is 0 Å². The Morgan fingerprint density at radius 2 is 1.85 bits per heavy atom. The van der Waals surface area contributed by atoms with Gasteiger partial charge >= 0.3 is 5.97 Å². The van der Waals surface area contributed by atoms with Gasteiger partial charge in [0.25, 0.3) is 0 Å². The van der Waals surface area contributed by atoms with Crippen LogP contribution in [0.5, 0.6) is 0 Å². The van der Waals surface area contributed by atoms with E-state index in [1.807, 2.05) is 0 Å². The van der Waals surface area contributed by atoms with Gasteiger partial charge in [0, 0.05) is 18.9 Å². The Morgan fingerprint density at radius 1 is 1.10 bits per heavy atom. The summed E-state index contributed by atoms with van der Waals surface area (Å²) >= 11 is 0. The molecule has 0 aromatic heterocycles. The van der Waals surface area contributed by atoms with Crippen molar-refractivity contribution in [1.29, 1.82) is 0 Å². The summed E-state index contributed by atoms with van der Waals surface area (Å²) in [5.74, 6) is 0.00735. The molecule has 0 bridgehead atoms. The number of nitrogens with zero attached hydrogens (tertiary/aromatic N) is 1. The molecule has 3 aliphatic heterocycles. The zero-order chi connectivity index (χ0) is 13.8. The van der Waals surface area contributed by atoms with Crippen LogP contribution in [0.3, 0.4) is 0 Å². The molecule has 0 spiro atoms. The number of nitrogens with one attached hydrogen (secondary N) is 1. The largest absolute Gasteiger partial charge is 0.461 e. The molecular formula is C15H26N2O3. The van der Waals surface area contributed by atoms with Gasteiger partial charge in [-0.2, -0.15) is 0 Å². The fourth-order valence-corrected chi connectivity index (χ4v) is 3.65. The number of rotatable bonds is 3. The molecule has 5 nitrogen and oxygen atoms in total. The number of esters is 1. The van der Waals surface area contributed by atoms with E-state index in [2.05, 4.69) is 10.2 Å². The van der Waals surface area contributed by atoms with Crippen molar-refractivity contribution in [1.82, 2.24) is 10.2 Å². The zero-order valence-corrected chi connectivity index (χ0v) is 12.2. The number of hydrogen-bond acceptors (Lipinski definition) is 5. The van der Waals surface area contributed by atoms with Crippen molar-refractivity contribution in [2.45, 2.75) is 56.7 Å². The van der Waals surface area contributed by atoms with Gasteiger partial charge in [0.2, 0.25) is 0 Å². The second-order valence-corrected chi connectivity index (χ2v) is 6.13. The Balaban J connectivity index is 1.55. The molecule has 0 saturated carbocycles. The summed E-state index contributed by atoms with van der Waals surface area (Å²) in [7, 11) is 0. The van der Waals surface area contributed by atoms with Gasteiger partial charge in [0.1, 0.15) is 12.1 Å². The molecule has 3 heterocycles. The van der Waals surface area contributed by atoms with Gasteiger partial charge < -0.3 is 14.8 Å². The number of piperidine rings is 1. The predicted octanol–water partition coefficient (Wildman–Crippen LogP) is 0.925. The van der Waals surface area contributed by atoms with Gasteiger partial charge in [-0.3, -0.25) is 9.69 Å². The molecule has 20 heavy (non-hydrogen) atoms. The van der Waals surface area contributed by atoms with Gasteiger partial charge in [-0.1, -0.05) is 0 Å². The first-order chi connectivity index (χ1) is 9.84. The van der Waals surface area contributed by atoms with Crippen LogP contribution in [0.25, 0.3) is 0 Å². The Labute approximate surface area is 121 Å². The van der Waals surface area contributed by atoms with Crippen molar-refractivity contribution in [3.8, 4) is 0 Å². The first kappa shape index (κ1) is 14.3. The highest BCUT2D eigenvalue weighted by Gasteiger charge is 2.37. The van der Waals surface area contributed by atoms with Crippen LogP contribution >= 0.6 is 0 Å². The minimum atomic E-state index is 0.000875. The number of likely N-dealkylation sites (tertiary alicyclic amines) is 1. The molecular weight excluding hydrogens is 256 g/mol. The van der Waals surface area contributed by atoms with Crippen LogP contribution in [0.4, 0.5) is 0 Å². The van der Waals surface area contributed by atoms with Crippen LogP contribution < -0.4 is 5.32 Å². The maximum Gasteiger partial charge on any atom is 0.323 e. The lowest BCUT2D eigenvalue weighted by Gasteiger charge is -2.35. The van der Waals surface area contributed by atoms with Crippen molar-refractivity contribution in [2.24, 2.45) is 0 Å². The average molecular weight is 282 g/mol. The van der Waals surface area contributed by atoms with Crippen molar-refractivity contribution >= 4 is 5.97 Å². The Hall–Kier alpha value is -0.650. The molecule has 1 N–H and O–H groups in total. The standard InChI is InChI=1S/C15H26N2O3/c18-15(20-13-5-10-19-11-6-13)14-2-1-9-17(14)12-3-7-16-8-4-12/h12-14,16H,1-11H2. The average Bonchev–Trinajstić information content (AvgIpc) is 2.99. The molecule has 3 saturated heterocycles. The second-order valence-electron chi connectivity index (χ2n) is 6.13. The topological polar surface area (TPSA) is 50.8 Å². The minimum Gasteiger partial charge on any atom is -0.461 e. The van der Waals surface area contributed by atoms with Crippen LogP contribution in [0.1, 0.15) is 38.5 Å². The van der Waals surface area contributed by atoms with Crippen molar-refractivity contribution in [2.75, 3.05) is 32.8 Å². The van der Waals surface area contributed by atoms with E-state index in [4.69, 9.17) is 9.47 Å². The Bertz CT molecular complexity index is 325. The van der Waals surface area contributed by atoms with Crippen LogP contribution in [0.2, 0.25) is 0 Å².